The Morgan fingerprint density at radius 2 is 2.31 bits per heavy atom. The molecule has 0 radical (unpaired) electrons. The van der Waals surface area contributed by atoms with Crippen LogP contribution in [-0.2, 0) is 6.61 Å². The van der Waals surface area contributed by atoms with E-state index in [1.165, 1.54) is 0 Å². The molecule has 68 valence electrons. The van der Waals surface area contributed by atoms with Crippen molar-refractivity contribution in [3.05, 3.63) is 22.6 Å². The largest absolute Gasteiger partial charge is 0.444 e. The van der Waals surface area contributed by atoms with E-state index in [1.807, 2.05) is 0 Å². The minimum absolute atomic E-state index is 0.238. The Bertz CT molecular complexity index is 409. The van der Waals surface area contributed by atoms with E-state index < -0.39 is 0 Å². The molecular weight excluding hydrogens is 240 g/mol. The molecule has 2 aromatic rings. The van der Waals surface area contributed by atoms with Crippen molar-refractivity contribution in [2.24, 2.45) is 0 Å². The second-order valence-electron chi connectivity index (χ2n) is 2.28. The van der Waals surface area contributed by atoms with Crippen LogP contribution < -0.4 is 0 Å². The number of nitrogens with zero attached hydrogens (tertiary/aromatic N) is 2. The van der Waals surface area contributed by atoms with Crippen LogP contribution in [0.2, 0.25) is 0 Å². The zero-order valence-electron chi connectivity index (χ0n) is 6.40. The zero-order chi connectivity index (χ0) is 9.26. The van der Waals surface area contributed by atoms with E-state index in [2.05, 4.69) is 26.1 Å². The summed E-state index contributed by atoms with van der Waals surface area (Å²) >= 11 is 3.15. The lowest BCUT2D eigenvalue weighted by atomic mass is 10.4. The molecule has 0 fully saturated rings. The van der Waals surface area contributed by atoms with Gasteiger partial charge in [0.1, 0.15) is 6.61 Å². The van der Waals surface area contributed by atoms with E-state index in [0.717, 1.165) is 0 Å². The molecule has 0 unspecified atom stereocenters. The van der Waals surface area contributed by atoms with Gasteiger partial charge in [-0.1, -0.05) is 5.16 Å². The highest BCUT2D eigenvalue weighted by molar-refractivity contribution is 9.10. The SMILES string of the molecule is OCc1noc(-c2ccc(Br)o2)n1. The summed E-state index contributed by atoms with van der Waals surface area (Å²) in [7, 11) is 0. The lowest BCUT2D eigenvalue weighted by Crippen LogP contribution is -1.84. The van der Waals surface area contributed by atoms with E-state index in [9.17, 15) is 0 Å². The van der Waals surface area contributed by atoms with Crippen molar-refractivity contribution in [2.75, 3.05) is 0 Å². The van der Waals surface area contributed by atoms with Gasteiger partial charge in [0, 0.05) is 0 Å². The van der Waals surface area contributed by atoms with Gasteiger partial charge in [-0.25, -0.2) is 0 Å². The number of aromatic nitrogens is 2. The Morgan fingerprint density at radius 3 is 2.85 bits per heavy atom. The quantitative estimate of drug-likeness (QED) is 0.869. The molecule has 0 aromatic carbocycles. The van der Waals surface area contributed by atoms with Crippen LogP contribution in [0.1, 0.15) is 5.82 Å². The minimum Gasteiger partial charge on any atom is -0.444 e. The van der Waals surface area contributed by atoms with Crippen LogP contribution in [0.4, 0.5) is 0 Å². The van der Waals surface area contributed by atoms with Gasteiger partial charge in [-0.2, -0.15) is 4.98 Å². The third kappa shape index (κ3) is 1.63. The highest BCUT2D eigenvalue weighted by Crippen LogP contribution is 2.23. The van der Waals surface area contributed by atoms with Gasteiger partial charge < -0.3 is 14.0 Å². The van der Waals surface area contributed by atoms with Gasteiger partial charge in [0.05, 0.1) is 0 Å². The molecule has 0 amide bonds. The highest BCUT2D eigenvalue weighted by atomic mass is 79.9. The van der Waals surface area contributed by atoms with E-state index in [1.54, 1.807) is 12.1 Å². The molecule has 0 aliphatic rings. The van der Waals surface area contributed by atoms with E-state index in [-0.39, 0.29) is 18.3 Å². The lowest BCUT2D eigenvalue weighted by molar-refractivity contribution is 0.263. The maximum atomic E-state index is 8.68. The summed E-state index contributed by atoms with van der Waals surface area (Å²) in [5.74, 6) is 0.969. The van der Waals surface area contributed by atoms with Crippen molar-refractivity contribution in [1.29, 1.82) is 0 Å². The molecule has 6 heteroatoms. The highest BCUT2D eigenvalue weighted by Gasteiger charge is 2.11. The summed E-state index contributed by atoms with van der Waals surface area (Å²) in [6, 6.07) is 3.41. The summed E-state index contributed by atoms with van der Waals surface area (Å²) in [5.41, 5.74) is 0. The molecule has 0 spiro atoms. The summed E-state index contributed by atoms with van der Waals surface area (Å²) in [5, 5.41) is 12.2. The van der Waals surface area contributed by atoms with Crippen LogP contribution in [-0.4, -0.2) is 15.2 Å². The topological polar surface area (TPSA) is 72.3 Å². The lowest BCUT2D eigenvalue weighted by Gasteiger charge is -1.83. The molecule has 1 N–H and O–H groups in total. The first-order chi connectivity index (χ1) is 6.29. The third-order valence-corrected chi connectivity index (χ3v) is 1.82. The third-order valence-electron chi connectivity index (χ3n) is 1.39. The molecule has 0 aliphatic carbocycles. The molecular formula is C7H5BrN2O3. The van der Waals surface area contributed by atoms with Crippen LogP contribution in [0, 0.1) is 0 Å². The fraction of sp³-hybridized carbons (Fsp3) is 0.143. The molecule has 0 saturated heterocycles. The molecule has 0 saturated carbocycles. The Hall–Kier alpha value is -1.14. The second kappa shape index (κ2) is 3.31. The van der Waals surface area contributed by atoms with Gasteiger partial charge in [0.2, 0.25) is 0 Å². The van der Waals surface area contributed by atoms with Crippen LogP contribution in [0.25, 0.3) is 11.7 Å². The molecule has 0 aliphatic heterocycles. The van der Waals surface area contributed by atoms with Gasteiger partial charge in [-0.3, -0.25) is 0 Å². The number of hydrogen-bond donors (Lipinski definition) is 1. The first kappa shape index (κ1) is 8.46. The Morgan fingerprint density at radius 1 is 1.46 bits per heavy atom. The van der Waals surface area contributed by atoms with Gasteiger partial charge in [0.25, 0.3) is 5.89 Å². The first-order valence-corrected chi connectivity index (χ1v) is 4.28. The van der Waals surface area contributed by atoms with Gasteiger partial charge in [0.15, 0.2) is 16.3 Å². The molecule has 13 heavy (non-hydrogen) atoms. The predicted octanol–water partition coefficient (Wildman–Crippen LogP) is 1.58. The summed E-state index contributed by atoms with van der Waals surface area (Å²) < 4.78 is 10.6. The summed E-state index contributed by atoms with van der Waals surface area (Å²) in [6.45, 7) is -0.245. The fourth-order valence-electron chi connectivity index (χ4n) is 0.848. The van der Waals surface area contributed by atoms with E-state index in [4.69, 9.17) is 14.0 Å². The molecule has 0 atom stereocenters. The first-order valence-electron chi connectivity index (χ1n) is 3.49. The zero-order valence-corrected chi connectivity index (χ0v) is 7.98. The Balaban J connectivity index is 2.35. The van der Waals surface area contributed by atoms with Crippen molar-refractivity contribution < 1.29 is 14.0 Å². The van der Waals surface area contributed by atoms with Gasteiger partial charge in [-0.15, -0.1) is 0 Å². The van der Waals surface area contributed by atoms with Crippen LogP contribution >= 0.6 is 15.9 Å². The van der Waals surface area contributed by atoms with Crippen molar-refractivity contribution in [2.45, 2.75) is 6.61 Å². The Kier molecular flexibility index (Phi) is 2.15. The van der Waals surface area contributed by atoms with Crippen molar-refractivity contribution in [3.8, 4) is 11.7 Å². The number of furan rings is 1. The van der Waals surface area contributed by atoms with E-state index >= 15 is 0 Å². The van der Waals surface area contributed by atoms with Gasteiger partial charge >= 0.3 is 0 Å². The molecule has 2 rings (SSSR count). The monoisotopic (exact) mass is 244 g/mol. The van der Waals surface area contributed by atoms with Crippen LogP contribution in [0.15, 0.2) is 25.7 Å². The summed E-state index contributed by atoms with van der Waals surface area (Å²) in [4.78, 5) is 3.87. The molecule has 0 bridgehead atoms. The van der Waals surface area contributed by atoms with Crippen LogP contribution in [0.5, 0.6) is 0 Å². The number of hydrogen-bond acceptors (Lipinski definition) is 5. The minimum atomic E-state index is -0.245. The number of rotatable bonds is 2. The average molecular weight is 245 g/mol. The molecule has 5 nitrogen and oxygen atoms in total. The standard InChI is InChI=1S/C7H5BrN2O3/c8-5-2-1-4(12-5)7-9-6(3-11)10-13-7/h1-2,11H,3H2. The Labute approximate surface area is 81.5 Å². The normalized spacial score (nSPS) is 10.6. The van der Waals surface area contributed by atoms with Crippen molar-refractivity contribution in [1.82, 2.24) is 10.1 Å². The predicted molar refractivity (Wildman–Crippen MR) is 45.6 cm³/mol. The second-order valence-corrected chi connectivity index (χ2v) is 3.06. The average Bonchev–Trinajstić information content (AvgIpc) is 2.71. The summed E-state index contributed by atoms with van der Waals surface area (Å²) in [6.07, 6.45) is 0. The maximum absolute atomic E-state index is 8.68. The van der Waals surface area contributed by atoms with E-state index in [0.29, 0.717) is 10.4 Å². The molecule has 2 heterocycles. The number of halogens is 1. The van der Waals surface area contributed by atoms with Crippen LogP contribution in [0.3, 0.4) is 0 Å². The van der Waals surface area contributed by atoms with Gasteiger partial charge in [-0.05, 0) is 28.1 Å². The number of aliphatic hydroxyl groups excluding tert-OH is 1. The van der Waals surface area contributed by atoms with Crippen molar-refractivity contribution >= 4 is 15.9 Å². The smallest absolute Gasteiger partial charge is 0.293 e. The molecule has 2 aromatic heterocycles. The number of aliphatic hydroxyl groups is 1. The van der Waals surface area contributed by atoms with Crippen molar-refractivity contribution in [3.63, 3.8) is 0 Å². The maximum Gasteiger partial charge on any atom is 0.293 e. The fourth-order valence-corrected chi connectivity index (χ4v) is 1.15.